The smallest absolute Gasteiger partial charge is 0.255 e. The van der Waals surface area contributed by atoms with E-state index in [0.717, 1.165) is 22.7 Å². The maximum Gasteiger partial charge on any atom is 0.255 e. The molecule has 0 fully saturated rings. The van der Waals surface area contributed by atoms with Crippen LogP contribution in [0.4, 0.5) is 15.8 Å². The quantitative estimate of drug-likeness (QED) is 0.532. The number of aromatic nitrogens is 3. The number of nitrogens with two attached hydrogens (primary N) is 1. The number of nitrogens with zero attached hydrogens (tertiary/aromatic N) is 3. The van der Waals surface area contributed by atoms with Crippen LogP contribution >= 0.6 is 0 Å². The van der Waals surface area contributed by atoms with Crippen LogP contribution in [0.5, 0.6) is 0 Å². The normalized spacial score (nSPS) is 10.9. The van der Waals surface area contributed by atoms with Gasteiger partial charge in [0.1, 0.15) is 5.82 Å². The molecule has 3 N–H and O–H groups in total. The fourth-order valence-electron chi connectivity index (χ4n) is 3.02. The monoisotopic (exact) mass is 375 g/mol. The van der Waals surface area contributed by atoms with Gasteiger partial charge in [0.05, 0.1) is 29.6 Å². The van der Waals surface area contributed by atoms with Crippen molar-refractivity contribution in [1.29, 1.82) is 0 Å². The van der Waals surface area contributed by atoms with E-state index in [4.69, 9.17) is 5.73 Å². The second-order valence-electron chi connectivity index (χ2n) is 6.66. The Morgan fingerprint density at radius 3 is 2.82 bits per heavy atom. The fraction of sp³-hybridized carbons (Fsp3) is 0.0952. The number of carbonyl (C=O) groups excluding carboxylic acids is 1. The number of halogens is 1. The summed E-state index contributed by atoms with van der Waals surface area (Å²) in [6.07, 6.45) is 4.58. The van der Waals surface area contributed by atoms with Crippen molar-refractivity contribution in [1.82, 2.24) is 14.8 Å². The van der Waals surface area contributed by atoms with Gasteiger partial charge in [-0.25, -0.2) is 4.39 Å². The lowest BCUT2D eigenvalue weighted by Gasteiger charge is -2.09. The van der Waals surface area contributed by atoms with Crippen molar-refractivity contribution in [3.05, 3.63) is 83.6 Å². The number of rotatable bonds is 4. The molecule has 4 rings (SSSR count). The topological polar surface area (TPSA) is 85.8 Å². The molecule has 0 bridgehead atoms. The Morgan fingerprint density at radius 2 is 2.04 bits per heavy atom. The number of amides is 1. The van der Waals surface area contributed by atoms with Gasteiger partial charge in [-0.15, -0.1) is 0 Å². The van der Waals surface area contributed by atoms with Gasteiger partial charge in [0.15, 0.2) is 0 Å². The zero-order valence-electron chi connectivity index (χ0n) is 15.2. The Bertz CT molecular complexity index is 1180. The van der Waals surface area contributed by atoms with E-state index in [-0.39, 0.29) is 11.7 Å². The molecule has 0 aliphatic rings. The molecule has 4 aromatic rings. The average molecular weight is 375 g/mol. The van der Waals surface area contributed by atoms with Crippen LogP contribution in [0.3, 0.4) is 0 Å². The van der Waals surface area contributed by atoms with Gasteiger partial charge in [0.2, 0.25) is 0 Å². The predicted molar refractivity (Wildman–Crippen MR) is 107 cm³/mol. The van der Waals surface area contributed by atoms with E-state index in [2.05, 4.69) is 15.4 Å². The zero-order chi connectivity index (χ0) is 19.7. The molecule has 2 aromatic heterocycles. The molecule has 0 unspecified atom stereocenters. The first-order valence-corrected chi connectivity index (χ1v) is 8.72. The summed E-state index contributed by atoms with van der Waals surface area (Å²) in [7, 11) is 0. The highest BCUT2D eigenvalue weighted by molar-refractivity contribution is 6.07. The van der Waals surface area contributed by atoms with Gasteiger partial charge in [-0.05, 0) is 54.4 Å². The summed E-state index contributed by atoms with van der Waals surface area (Å²) in [4.78, 5) is 16.4. The van der Waals surface area contributed by atoms with Crippen molar-refractivity contribution in [3.63, 3.8) is 0 Å². The number of pyridine rings is 1. The number of aryl methyl sites for hydroxylation is 1. The summed E-state index contributed by atoms with van der Waals surface area (Å²) < 4.78 is 15.0. The number of fused-ring (bicyclic) bond motifs is 1. The summed E-state index contributed by atoms with van der Waals surface area (Å²) in [5, 5.41) is 8.10. The highest BCUT2D eigenvalue weighted by Crippen LogP contribution is 2.21. The van der Waals surface area contributed by atoms with Gasteiger partial charge in [-0.2, -0.15) is 5.10 Å². The molecule has 7 heteroatoms. The van der Waals surface area contributed by atoms with Crippen molar-refractivity contribution < 1.29 is 9.18 Å². The first-order valence-electron chi connectivity index (χ1n) is 8.72. The largest absolute Gasteiger partial charge is 0.397 e. The third-order valence-electron chi connectivity index (χ3n) is 4.38. The lowest BCUT2D eigenvalue weighted by molar-refractivity contribution is 0.102. The molecule has 0 aliphatic heterocycles. The minimum atomic E-state index is -0.386. The van der Waals surface area contributed by atoms with Crippen molar-refractivity contribution in [2.75, 3.05) is 11.1 Å². The zero-order valence-corrected chi connectivity index (χ0v) is 15.2. The van der Waals surface area contributed by atoms with E-state index in [1.165, 1.54) is 6.07 Å². The molecule has 1 amide bonds. The fourth-order valence-corrected chi connectivity index (χ4v) is 3.02. The van der Waals surface area contributed by atoms with Crippen LogP contribution in [0.15, 0.2) is 61.1 Å². The molecule has 2 heterocycles. The molecular weight excluding hydrogens is 357 g/mol. The van der Waals surface area contributed by atoms with E-state index in [9.17, 15) is 9.18 Å². The van der Waals surface area contributed by atoms with Gasteiger partial charge in [0.25, 0.3) is 5.91 Å². The summed E-state index contributed by atoms with van der Waals surface area (Å²) >= 11 is 0. The van der Waals surface area contributed by atoms with Crippen LogP contribution in [-0.2, 0) is 6.54 Å². The number of nitrogen functional groups attached to an aromatic ring is 1. The first kappa shape index (κ1) is 17.7. The molecule has 0 radical (unpaired) electrons. The number of hydrogen-bond acceptors (Lipinski definition) is 4. The van der Waals surface area contributed by atoms with E-state index in [0.29, 0.717) is 29.0 Å². The van der Waals surface area contributed by atoms with Crippen LogP contribution in [-0.4, -0.2) is 20.7 Å². The lowest BCUT2D eigenvalue weighted by atomic mass is 10.1. The van der Waals surface area contributed by atoms with Crippen LogP contribution in [0.1, 0.15) is 21.5 Å². The highest BCUT2D eigenvalue weighted by atomic mass is 19.1. The van der Waals surface area contributed by atoms with Crippen molar-refractivity contribution >= 4 is 28.2 Å². The highest BCUT2D eigenvalue weighted by Gasteiger charge is 2.11. The van der Waals surface area contributed by atoms with Gasteiger partial charge in [-0.3, -0.25) is 14.5 Å². The van der Waals surface area contributed by atoms with E-state index in [1.807, 2.05) is 25.3 Å². The van der Waals surface area contributed by atoms with Crippen LogP contribution in [0, 0.1) is 12.7 Å². The molecule has 0 saturated carbocycles. The Hall–Kier alpha value is -3.74. The summed E-state index contributed by atoms with van der Waals surface area (Å²) in [6.45, 7) is 2.33. The van der Waals surface area contributed by atoms with Crippen molar-refractivity contribution in [2.24, 2.45) is 0 Å². The van der Waals surface area contributed by atoms with Gasteiger partial charge in [0, 0.05) is 23.3 Å². The summed E-state index contributed by atoms with van der Waals surface area (Å²) in [5.41, 5.74) is 10.0. The number of anilines is 2. The third kappa shape index (κ3) is 3.68. The van der Waals surface area contributed by atoms with Gasteiger partial charge in [-0.1, -0.05) is 6.07 Å². The Balaban J connectivity index is 1.56. The van der Waals surface area contributed by atoms with Crippen molar-refractivity contribution in [3.8, 4) is 0 Å². The second kappa shape index (κ2) is 7.11. The SMILES string of the molecule is Cc1ccc(NC(=O)c2ccc3nn(Cc4cncc(F)c4)cc3c2)c(N)c1. The van der Waals surface area contributed by atoms with Crippen LogP contribution in [0.25, 0.3) is 10.9 Å². The number of carbonyl (C=O) groups is 1. The molecule has 0 spiro atoms. The molecular formula is C21H18FN5O. The van der Waals surface area contributed by atoms with E-state index < -0.39 is 0 Å². The van der Waals surface area contributed by atoms with Crippen LogP contribution in [0.2, 0.25) is 0 Å². The van der Waals surface area contributed by atoms with Gasteiger partial charge >= 0.3 is 0 Å². The first-order chi connectivity index (χ1) is 13.5. The average Bonchev–Trinajstić information content (AvgIpc) is 3.05. The van der Waals surface area contributed by atoms with Gasteiger partial charge < -0.3 is 11.1 Å². The summed E-state index contributed by atoms with van der Waals surface area (Å²) in [6, 6.07) is 12.2. The number of nitrogens with one attached hydrogen (secondary N) is 1. The number of hydrogen-bond donors (Lipinski definition) is 2. The molecule has 28 heavy (non-hydrogen) atoms. The van der Waals surface area contributed by atoms with Crippen LogP contribution < -0.4 is 11.1 Å². The number of benzene rings is 2. The lowest BCUT2D eigenvalue weighted by Crippen LogP contribution is -2.13. The minimum Gasteiger partial charge on any atom is -0.397 e. The standard InChI is InChI=1S/C21H18FN5O/c1-13-2-4-20(18(23)6-13)25-21(28)15-3-5-19-16(8-15)12-27(26-19)11-14-7-17(22)10-24-9-14/h2-10,12H,11,23H2,1H3,(H,25,28). The molecule has 0 saturated heterocycles. The molecule has 2 aromatic carbocycles. The Kier molecular flexibility index (Phi) is 4.49. The Morgan fingerprint density at radius 1 is 1.18 bits per heavy atom. The molecule has 6 nitrogen and oxygen atoms in total. The summed E-state index contributed by atoms with van der Waals surface area (Å²) in [5.74, 6) is -0.636. The molecule has 0 atom stereocenters. The predicted octanol–water partition coefficient (Wildman–Crippen LogP) is 3.76. The van der Waals surface area contributed by atoms with Crippen molar-refractivity contribution in [2.45, 2.75) is 13.5 Å². The van der Waals surface area contributed by atoms with E-state index in [1.54, 1.807) is 35.1 Å². The molecule has 140 valence electrons. The maximum absolute atomic E-state index is 13.3. The minimum absolute atomic E-state index is 0.250. The maximum atomic E-state index is 13.3. The Labute approximate surface area is 160 Å². The molecule has 0 aliphatic carbocycles. The second-order valence-corrected chi connectivity index (χ2v) is 6.66. The third-order valence-corrected chi connectivity index (χ3v) is 4.38. The van der Waals surface area contributed by atoms with E-state index >= 15 is 0 Å².